The molecule has 0 atom stereocenters. The number of halogens is 1. The van der Waals surface area contributed by atoms with Crippen molar-refractivity contribution in [3.63, 3.8) is 0 Å². The summed E-state index contributed by atoms with van der Waals surface area (Å²) < 4.78 is 15.1. The Kier molecular flexibility index (Phi) is 3.70. The van der Waals surface area contributed by atoms with E-state index in [9.17, 15) is 14.3 Å². The first kappa shape index (κ1) is 13.3. The average molecular weight is 283 g/mol. The molecule has 6 nitrogen and oxygen atoms in total. The number of carboxylic acid groups (broad SMARTS) is 1. The predicted octanol–water partition coefficient (Wildman–Crippen LogP) is 1.50. The van der Waals surface area contributed by atoms with Gasteiger partial charge in [-0.2, -0.15) is 0 Å². The molecule has 100 valence electrons. The number of nitrogens with zero attached hydrogens (tertiary/aromatic N) is 3. The minimum Gasteiger partial charge on any atom is -0.507 e. The number of aromatic nitrogens is 3. The van der Waals surface area contributed by atoms with E-state index in [0.717, 1.165) is 11.8 Å². The zero-order chi connectivity index (χ0) is 14.0. The second kappa shape index (κ2) is 5.27. The molecule has 0 aliphatic rings. The molecule has 0 bridgehead atoms. The van der Waals surface area contributed by atoms with Gasteiger partial charge in [-0.15, -0.1) is 10.2 Å². The van der Waals surface area contributed by atoms with Gasteiger partial charge in [-0.3, -0.25) is 4.79 Å². The molecule has 1 aromatic carbocycles. The molecule has 0 saturated heterocycles. The lowest BCUT2D eigenvalue weighted by Crippen LogP contribution is -2.01. The van der Waals surface area contributed by atoms with Crippen LogP contribution >= 0.6 is 11.8 Å². The van der Waals surface area contributed by atoms with Crippen LogP contribution in [0.15, 0.2) is 23.4 Å². The number of thioether (sulfide) groups is 1. The van der Waals surface area contributed by atoms with Gasteiger partial charge in [0.05, 0.1) is 11.3 Å². The highest BCUT2D eigenvalue weighted by Gasteiger charge is 2.18. The number of hydrogen-bond acceptors (Lipinski definition) is 5. The summed E-state index contributed by atoms with van der Waals surface area (Å²) in [4.78, 5) is 10.5. The Balaban J connectivity index is 2.39. The van der Waals surface area contributed by atoms with Crippen molar-refractivity contribution in [2.24, 2.45) is 7.05 Å². The number of benzene rings is 1. The van der Waals surface area contributed by atoms with Gasteiger partial charge in [0.1, 0.15) is 11.6 Å². The Bertz CT molecular complexity index is 609. The predicted molar refractivity (Wildman–Crippen MR) is 66.4 cm³/mol. The van der Waals surface area contributed by atoms with Crippen molar-refractivity contribution in [2.45, 2.75) is 5.16 Å². The van der Waals surface area contributed by atoms with E-state index >= 15 is 0 Å². The molecule has 0 fully saturated rings. The van der Waals surface area contributed by atoms with Crippen LogP contribution in [0.1, 0.15) is 0 Å². The standard InChI is InChI=1S/C11H10FN3O3S/c1-15-10(9-6(12)3-2-4-7(9)16)13-14-11(15)19-5-8(17)18/h2-4,16H,5H2,1H3,(H,17,18). The van der Waals surface area contributed by atoms with Gasteiger partial charge in [-0.1, -0.05) is 17.8 Å². The van der Waals surface area contributed by atoms with Crippen LogP contribution in [0.3, 0.4) is 0 Å². The topological polar surface area (TPSA) is 88.2 Å². The number of hydrogen-bond donors (Lipinski definition) is 2. The number of aromatic hydroxyl groups is 1. The fourth-order valence-corrected chi connectivity index (χ4v) is 2.15. The molecular formula is C11H10FN3O3S. The number of rotatable bonds is 4. The summed E-state index contributed by atoms with van der Waals surface area (Å²) in [5, 5.41) is 26.2. The van der Waals surface area contributed by atoms with Crippen LogP contribution in [-0.4, -0.2) is 36.7 Å². The van der Waals surface area contributed by atoms with Crippen molar-refractivity contribution in [1.82, 2.24) is 14.8 Å². The molecule has 8 heteroatoms. The van der Waals surface area contributed by atoms with Gasteiger partial charge in [-0.25, -0.2) is 4.39 Å². The fraction of sp³-hybridized carbons (Fsp3) is 0.182. The van der Waals surface area contributed by atoms with Crippen molar-refractivity contribution in [1.29, 1.82) is 0 Å². The van der Waals surface area contributed by atoms with Crippen LogP contribution in [-0.2, 0) is 11.8 Å². The molecule has 0 radical (unpaired) electrons. The number of phenolic OH excluding ortho intramolecular Hbond substituents is 1. The highest BCUT2D eigenvalue weighted by molar-refractivity contribution is 7.99. The van der Waals surface area contributed by atoms with Crippen LogP contribution in [0.2, 0.25) is 0 Å². The van der Waals surface area contributed by atoms with E-state index in [1.165, 1.54) is 22.8 Å². The quantitative estimate of drug-likeness (QED) is 0.827. The maximum Gasteiger partial charge on any atom is 0.313 e. The molecule has 2 N–H and O–H groups in total. The SMILES string of the molecule is Cn1c(SCC(=O)O)nnc1-c1c(O)cccc1F. The van der Waals surface area contributed by atoms with E-state index in [1.54, 1.807) is 7.05 Å². The van der Waals surface area contributed by atoms with Crippen molar-refractivity contribution in [3.05, 3.63) is 24.0 Å². The fourth-order valence-electron chi connectivity index (χ4n) is 1.52. The van der Waals surface area contributed by atoms with Gasteiger partial charge in [0.25, 0.3) is 0 Å². The van der Waals surface area contributed by atoms with Crippen molar-refractivity contribution in [3.8, 4) is 17.1 Å². The summed E-state index contributed by atoms with van der Waals surface area (Å²) in [5.74, 6) is -1.88. The lowest BCUT2D eigenvalue weighted by molar-refractivity contribution is -0.133. The summed E-state index contributed by atoms with van der Waals surface area (Å²) >= 11 is 0.968. The third-order valence-corrected chi connectivity index (χ3v) is 3.38. The Morgan fingerprint density at radius 1 is 1.47 bits per heavy atom. The van der Waals surface area contributed by atoms with E-state index in [-0.39, 0.29) is 22.9 Å². The molecule has 0 aliphatic heterocycles. The van der Waals surface area contributed by atoms with Crippen molar-refractivity contribution < 1.29 is 19.4 Å². The molecule has 0 aliphatic carbocycles. The highest BCUT2D eigenvalue weighted by Crippen LogP contribution is 2.31. The van der Waals surface area contributed by atoms with E-state index in [1.807, 2.05) is 0 Å². The molecule has 0 amide bonds. The molecule has 2 rings (SSSR count). The first-order valence-electron chi connectivity index (χ1n) is 5.22. The van der Waals surface area contributed by atoms with Crippen LogP contribution < -0.4 is 0 Å². The van der Waals surface area contributed by atoms with Crippen LogP contribution in [0, 0.1) is 5.82 Å². The molecule has 19 heavy (non-hydrogen) atoms. The molecule has 0 saturated carbocycles. The second-order valence-electron chi connectivity index (χ2n) is 3.68. The number of phenols is 1. The minimum absolute atomic E-state index is 0.0559. The maximum absolute atomic E-state index is 13.7. The molecular weight excluding hydrogens is 273 g/mol. The summed E-state index contributed by atoms with van der Waals surface area (Å²) in [6.07, 6.45) is 0. The molecule has 2 aromatic rings. The molecule has 1 aromatic heterocycles. The summed E-state index contributed by atoms with van der Waals surface area (Å²) in [6, 6.07) is 3.93. The minimum atomic E-state index is -0.983. The first-order valence-corrected chi connectivity index (χ1v) is 6.21. The largest absolute Gasteiger partial charge is 0.507 e. The Morgan fingerprint density at radius 3 is 2.84 bits per heavy atom. The van der Waals surface area contributed by atoms with Gasteiger partial charge in [0.2, 0.25) is 0 Å². The molecule has 0 unspecified atom stereocenters. The lowest BCUT2D eigenvalue weighted by atomic mass is 10.2. The van der Waals surface area contributed by atoms with Crippen LogP contribution in [0.25, 0.3) is 11.4 Å². The summed E-state index contributed by atoms with van der Waals surface area (Å²) in [5.41, 5.74) is -0.0559. The zero-order valence-corrected chi connectivity index (χ0v) is 10.7. The van der Waals surface area contributed by atoms with Crippen LogP contribution in [0.4, 0.5) is 4.39 Å². The van der Waals surface area contributed by atoms with Gasteiger partial charge in [0.15, 0.2) is 11.0 Å². The second-order valence-corrected chi connectivity index (χ2v) is 4.62. The Hall–Kier alpha value is -2.09. The highest BCUT2D eigenvalue weighted by atomic mass is 32.2. The third-order valence-electron chi connectivity index (χ3n) is 2.37. The monoisotopic (exact) mass is 283 g/mol. The van der Waals surface area contributed by atoms with E-state index < -0.39 is 11.8 Å². The zero-order valence-electron chi connectivity index (χ0n) is 9.87. The summed E-state index contributed by atoms with van der Waals surface area (Å²) in [6.45, 7) is 0. The number of carboxylic acids is 1. The summed E-state index contributed by atoms with van der Waals surface area (Å²) in [7, 11) is 1.57. The maximum atomic E-state index is 13.7. The average Bonchev–Trinajstić information content (AvgIpc) is 2.68. The Labute approximate surface area is 111 Å². The smallest absolute Gasteiger partial charge is 0.313 e. The number of carbonyl (C=O) groups is 1. The van der Waals surface area contributed by atoms with Crippen LogP contribution in [0.5, 0.6) is 5.75 Å². The van der Waals surface area contributed by atoms with Gasteiger partial charge in [-0.05, 0) is 12.1 Å². The number of aliphatic carboxylic acids is 1. The normalized spacial score (nSPS) is 10.6. The van der Waals surface area contributed by atoms with Gasteiger partial charge in [0, 0.05) is 7.05 Å². The Morgan fingerprint density at radius 2 is 2.21 bits per heavy atom. The van der Waals surface area contributed by atoms with E-state index in [2.05, 4.69) is 10.2 Å². The van der Waals surface area contributed by atoms with Crippen molar-refractivity contribution >= 4 is 17.7 Å². The third kappa shape index (κ3) is 2.68. The molecule has 0 spiro atoms. The first-order chi connectivity index (χ1) is 9.00. The van der Waals surface area contributed by atoms with Crippen molar-refractivity contribution in [2.75, 3.05) is 5.75 Å². The van der Waals surface area contributed by atoms with E-state index in [0.29, 0.717) is 5.16 Å². The van der Waals surface area contributed by atoms with E-state index in [4.69, 9.17) is 5.11 Å². The van der Waals surface area contributed by atoms with Gasteiger partial charge < -0.3 is 14.8 Å². The molecule has 1 heterocycles. The van der Waals surface area contributed by atoms with Gasteiger partial charge >= 0.3 is 5.97 Å². The lowest BCUT2D eigenvalue weighted by Gasteiger charge is -2.06.